The molecular formula is C22H17N3. The molecule has 0 aliphatic rings. The zero-order valence-corrected chi connectivity index (χ0v) is 13.8. The Morgan fingerprint density at radius 1 is 0.880 bits per heavy atom. The van der Waals surface area contributed by atoms with Gasteiger partial charge in [-0.15, -0.1) is 0 Å². The van der Waals surface area contributed by atoms with Crippen molar-refractivity contribution in [3.8, 4) is 17.2 Å². The molecule has 0 amide bonds. The fourth-order valence-corrected chi connectivity index (χ4v) is 3.07. The number of aryl methyl sites for hydroxylation is 2. The molecule has 0 saturated heterocycles. The summed E-state index contributed by atoms with van der Waals surface area (Å²) in [4.78, 5) is 4.44. The van der Waals surface area contributed by atoms with E-state index in [0.717, 1.165) is 29.6 Å². The summed E-state index contributed by atoms with van der Waals surface area (Å²) < 4.78 is 2.19. The molecule has 3 nitrogen and oxygen atoms in total. The first-order valence-electron chi connectivity index (χ1n) is 8.33. The first kappa shape index (κ1) is 15.2. The number of fused-ring (bicyclic) bond motifs is 1. The van der Waals surface area contributed by atoms with Crippen LogP contribution in [0.15, 0.2) is 79.1 Å². The van der Waals surface area contributed by atoms with E-state index < -0.39 is 0 Å². The van der Waals surface area contributed by atoms with Crippen molar-refractivity contribution in [2.75, 3.05) is 0 Å². The summed E-state index contributed by atoms with van der Waals surface area (Å²) in [7, 11) is 0. The lowest BCUT2D eigenvalue weighted by atomic mass is 10.0. The van der Waals surface area contributed by atoms with Gasteiger partial charge in [-0.2, -0.15) is 5.26 Å². The van der Waals surface area contributed by atoms with Gasteiger partial charge in [-0.25, -0.2) is 4.98 Å². The van der Waals surface area contributed by atoms with Crippen LogP contribution in [-0.2, 0) is 13.0 Å². The van der Waals surface area contributed by atoms with E-state index in [0.29, 0.717) is 5.56 Å². The largest absolute Gasteiger partial charge is 0.330 e. The molecule has 0 aliphatic carbocycles. The van der Waals surface area contributed by atoms with Crippen LogP contribution in [0.2, 0.25) is 0 Å². The third kappa shape index (κ3) is 3.15. The van der Waals surface area contributed by atoms with Crippen LogP contribution < -0.4 is 0 Å². The van der Waals surface area contributed by atoms with Crippen molar-refractivity contribution in [3.05, 3.63) is 90.3 Å². The minimum atomic E-state index is 0.688. The summed E-state index contributed by atoms with van der Waals surface area (Å²) in [5.74, 6) is 0. The van der Waals surface area contributed by atoms with E-state index in [9.17, 15) is 0 Å². The van der Waals surface area contributed by atoms with Gasteiger partial charge in [-0.1, -0.05) is 48.5 Å². The second kappa shape index (κ2) is 6.62. The fourth-order valence-electron chi connectivity index (χ4n) is 3.07. The van der Waals surface area contributed by atoms with Gasteiger partial charge in [0.05, 0.1) is 29.0 Å². The Labute approximate surface area is 146 Å². The molecule has 3 heteroatoms. The van der Waals surface area contributed by atoms with Crippen molar-refractivity contribution in [1.82, 2.24) is 9.55 Å². The van der Waals surface area contributed by atoms with Crippen LogP contribution in [-0.4, -0.2) is 9.55 Å². The zero-order chi connectivity index (χ0) is 17.1. The maximum absolute atomic E-state index is 9.03. The molecule has 0 unspecified atom stereocenters. The van der Waals surface area contributed by atoms with E-state index in [-0.39, 0.29) is 0 Å². The van der Waals surface area contributed by atoms with Crippen LogP contribution in [0.25, 0.3) is 22.2 Å². The Bertz CT molecular complexity index is 1050. The molecule has 1 aromatic heterocycles. The zero-order valence-electron chi connectivity index (χ0n) is 13.8. The molecule has 3 aromatic carbocycles. The molecule has 0 N–H and O–H groups in total. The molecule has 0 spiro atoms. The highest BCUT2D eigenvalue weighted by Crippen LogP contribution is 2.21. The number of nitrogens with zero attached hydrogens (tertiary/aromatic N) is 3. The Morgan fingerprint density at radius 3 is 2.56 bits per heavy atom. The van der Waals surface area contributed by atoms with E-state index in [1.165, 1.54) is 11.1 Å². The standard InChI is InChI=1S/C22H17N3/c23-15-18-4-3-5-20(14-18)19-10-8-17(9-11-19)12-13-25-16-24-21-6-1-2-7-22(21)25/h1-11,14,16H,12-13H2. The molecule has 0 bridgehead atoms. The number of rotatable bonds is 4. The normalized spacial score (nSPS) is 10.7. The lowest BCUT2D eigenvalue weighted by molar-refractivity contribution is 0.716. The lowest BCUT2D eigenvalue weighted by Crippen LogP contribution is -1.99. The second-order valence-electron chi connectivity index (χ2n) is 6.07. The molecule has 0 atom stereocenters. The Kier molecular flexibility index (Phi) is 4.02. The number of benzene rings is 3. The van der Waals surface area contributed by atoms with Crippen LogP contribution in [0.3, 0.4) is 0 Å². The van der Waals surface area contributed by atoms with Crippen molar-refractivity contribution in [2.45, 2.75) is 13.0 Å². The number of imidazole rings is 1. The topological polar surface area (TPSA) is 41.6 Å². The predicted molar refractivity (Wildman–Crippen MR) is 100 cm³/mol. The highest BCUT2D eigenvalue weighted by Gasteiger charge is 2.03. The second-order valence-corrected chi connectivity index (χ2v) is 6.07. The Morgan fingerprint density at radius 2 is 1.72 bits per heavy atom. The molecule has 1 heterocycles. The van der Waals surface area contributed by atoms with Gasteiger partial charge in [0.2, 0.25) is 0 Å². The van der Waals surface area contributed by atoms with Crippen LogP contribution in [0.4, 0.5) is 0 Å². The highest BCUT2D eigenvalue weighted by molar-refractivity contribution is 5.74. The van der Waals surface area contributed by atoms with Crippen molar-refractivity contribution < 1.29 is 0 Å². The van der Waals surface area contributed by atoms with E-state index >= 15 is 0 Å². The summed E-state index contributed by atoms with van der Waals surface area (Å²) in [6.45, 7) is 0.907. The van der Waals surface area contributed by atoms with E-state index in [1.807, 2.05) is 48.8 Å². The van der Waals surface area contributed by atoms with Gasteiger partial charge in [0.15, 0.2) is 0 Å². The fraction of sp³-hybridized carbons (Fsp3) is 0.0909. The van der Waals surface area contributed by atoms with Crippen LogP contribution >= 0.6 is 0 Å². The summed E-state index contributed by atoms with van der Waals surface area (Å²) in [6.07, 6.45) is 2.87. The monoisotopic (exact) mass is 323 g/mol. The van der Waals surface area contributed by atoms with Crippen molar-refractivity contribution >= 4 is 11.0 Å². The average molecular weight is 323 g/mol. The van der Waals surface area contributed by atoms with E-state index in [2.05, 4.69) is 46.0 Å². The highest BCUT2D eigenvalue weighted by atomic mass is 15.0. The van der Waals surface area contributed by atoms with E-state index in [4.69, 9.17) is 5.26 Å². The van der Waals surface area contributed by atoms with Crippen LogP contribution in [0.1, 0.15) is 11.1 Å². The van der Waals surface area contributed by atoms with Gasteiger partial charge < -0.3 is 4.57 Å². The molecule has 0 aliphatic heterocycles. The van der Waals surface area contributed by atoms with E-state index in [1.54, 1.807) is 0 Å². The average Bonchev–Trinajstić information content (AvgIpc) is 3.10. The van der Waals surface area contributed by atoms with Crippen molar-refractivity contribution in [3.63, 3.8) is 0 Å². The minimum absolute atomic E-state index is 0.688. The third-order valence-corrected chi connectivity index (χ3v) is 4.45. The molecule has 25 heavy (non-hydrogen) atoms. The Balaban J connectivity index is 1.50. The quantitative estimate of drug-likeness (QED) is 0.540. The minimum Gasteiger partial charge on any atom is -0.330 e. The molecule has 0 fully saturated rings. The molecular weight excluding hydrogens is 306 g/mol. The number of hydrogen-bond donors (Lipinski definition) is 0. The van der Waals surface area contributed by atoms with Gasteiger partial charge in [-0.3, -0.25) is 0 Å². The maximum atomic E-state index is 9.03. The molecule has 120 valence electrons. The third-order valence-electron chi connectivity index (χ3n) is 4.45. The van der Waals surface area contributed by atoms with Gasteiger partial charge in [0.25, 0.3) is 0 Å². The smallest absolute Gasteiger partial charge is 0.0991 e. The van der Waals surface area contributed by atoms with Gasteiger partial charge in [0, 0.05) is 6.54 Å². The summed E-state index contributed by atoms with van der Waals surface area (Å²) in [5, 5.41) is 9.03. The molecule has 4 rings (SSSR count). The SMILES string of the molecule is N#Cc1cccc(-c2ccc(CCn3cnc4ccccc43)cc2)c1. The summed E-state index contributed by atoms with van der Waals surface area (Å²) >= 11 is 0. The number of hydrogen-bond acceptors (Lipinski definition) is 2. The summed E-state index contributed by atoms with van der Waals surface area (Å²) in [6, 6.07) is 26.7. The van der Waals surface area contributed by atoms with Gasteiger partial charge in [-0.05, 0) is 47.4 Å². The van der Waals surface area contributed by atoms with Crippen LogP contribution in [0, 0.1) is 11.3 Å². The molecule has 0 radical (unpaired) electrons. The molecule has 4 aromatic rings. The number of nitriles is 1. The van der Waals surface area contributed by atoms with Crippen LogP contribution in [0.5, 0.6) is 0 Å². The molecule has 0 saturated carbocycles. The first-order chi connectivity index (χ1) is 12.3. The summed E-state index contributed by atoms with van der Waals surface area (Å²) in [5.41, 5.74) is 6.40. The number of para-hydroxylation sites is 2. The van der Waals surface area contributed by atoms with Gasteiger partial charge in [0.1, 0.15) is 0 Å². The Hall–Kier alpha value is -3.38. The lowest BCUT2D eigenvalue weighted by Gasteiger charge is -2.07. The first-order valence-corrected chi connectivity index (χ1v) is 8.33. The maximum Gasteiger partial charge on any atom is 0.0991 e. The van der Waals surface area contributed by atoms with Crippen molar-refractivity contribution in [1.29, 1.82) is 5.26 Å². The number of aromatic nitrogens is 2. The van der Waals surface area contributed by atoms with Crippen molar-refractivity contribution in [2.24, 2.45) is 0 Å². The predicted octanol–water partition coefficient (Wildman–Crippen LogP) is 4.82. The van der Waals surface area contributed by atoms with Gasteiger partial charge >= 0.3 is 0 Å².